The molecule has 0 aliphatic carbocycles. The Morgan fingerprint density at radius 1 is 1.43 bits per heavy atom. The van der Waals surface area contributed by atoms with Crippen molar-refractivity contribution >= 4 is 0 Å². The van der Waals surface area contributed by atoms with E-state index in [1.54, 1.807) is 12.4 Å². The molecule has 1 aromatic heterocycles. The van der Waals surface area contributed by atoms with E-state index in [4.69, 9.17) is 0 Å². The molecular weight excluding hydrogens is 174 g/mol. The lowest BCUT2D eigenvalue weighted by Crippen LogP contribution is -2.34. The fraction of sp³-hybridized carbons (Fsp3) is 0.583. The lowest BCUT2D eigenvalue weighted by atomic mass is 9.84. The summed E-state index contributed by atoms with van der Waals surface area (Å²) >= 11 is 0. The monoisotopic (exact) mass is 193 g/mol. The van der Waals surface area contributed by atoms with Crippen LogP contribution in [0, 0.1) is 5.92 Å². The van der Waals surface area contributed by atoms with Crippen molar-refractivity contribution in [1.29, 1.82) is 0 Å². The zero-order valence-corrected chi connectivity index (χ0v) is 9.20. The smallest absolute Gasteiger partial charge is 0.0685 e. The third-order valence-corrected chi connectivity index (χ3v) is 2.99. The molecule has 1 aromatic rings. The Kier molecular flexibility index (Phi) is 3.64. The molecule has 1 rings (SSSR count). The van der Waals surface area contributed by atoms with Crippen LogP contribution < -0.4 is 0 Å². The van der Waals surface area contributed by atoms with E-state index >= 15 is 0 Å². The molecule has 2 nitrogen and oxygen atoms in total. The van der Waals surface area contributed by atoms with Gasteiger partial charge in [0.2, 0.25) is 0 Å². The van der Waals surface area contributed by atoms with Crippen LogP contribution in [-0.2, 0) is 6.42 Å². The summed E-state index contributed by atoms with van der Waals surface area (Å²) in [5, 5.41) is 10.2. The first-order valence-electron chi connectivity index (χ1n) is 5.17. The molecule has 2 heteroatoms. The molecule has 0 aliphatic rings. The van der Waals surface area contributed by atoms with Gasteiger partial charge in [-0.25, -0.2) is 0 Å². The van der Waals surface area contributed by atoms with Crippen molar-refractivity contribution in [2.24, 2.45) is 5.92 Å². The number of hydrogen-bond donors (Lipinski definition) is 1. The van der Waals surface area contributed by atoms with Crippen LogP contribution in [0.3, 0.4) is 0 Å². The van der Waals surface area contributed by atoms with E-state index in [2.05, 4.69) is 18.8 Å². The van der Waals surface area contributed by atoms with E-state index in [0.717, 1.165) is 12.0 Å². The maximum Gasteiger partial charge on any atom is 0.0685 e. The highest BCUT2D eigenvalue weighted by Gasteiger charge is 2.26. The quantitative estimate of drug-likeness (QED) is 0.796. The van der Waals surface area contributed by atoms with Crippen molar-refractivity contribution in [3.05, 3.63) is 30.1 Å². The second-order valence-electron chi connectivity index (χ2n) is 4.20. The summed E-state index contributed by atoms with van der Waals surface area (Å²) in [6.07, 6.45) is 5.23. The third kappa shape index (κ3) is 2.81. The van der Waals surface area contributed by atoms with Gasteiger partial charge in [-0.05, 0) is 30.5 Å². The number of aromatic nitrogens is 1. The molecule has 0 spiro atoms. The number of pyridine rings is 1. The maximum atomic E-state index is 10.2. The van der Waals surface area contributed by atoms with E-state index in [1.807, 2.05) is 19.1 Å². The zero-order valence-electron chi connectivity index (χ0n) is 9.20. The van der Waals surface area contributed by atoms with Gasteiger partial charge in [0.25, 0.3) is 0 Å². The second-order valence-corrected chi connectivity index (χ2v) is 4.20. The summed E-state index contributed by atoms with van der Waals surface area (Å²) in [4.78, 5) is 3.96. The van der Waals surface area contributed by atoms with Crippen LogP contribution in [0.25, 0.3) is 0 Å². The highest BCUT2D eigenvalue weighted by molar-refractivity contribution is 5.12. The molecule has 0 aliphatic heterocycles. The number of nitrogens with zero attached hydrogens (tertiary/aromatic N) is 1. The molecule has 0 amide bonds. The number of rotatable bonds is 4. The molecule has 0 fully saturated rings. The third-order valence-electron chi connectivity index (χ3n) is 2.99. The topological polar surface area (TPSA) is 33.1 Å². The van der Waals surface area contributed by atoms with Crippen molar-refractivity contribution in [2.75, 3.05) is 0 Å². The SMILES string of the molecule is CCC(C)C(C)(O)Cc1ccncc1. The molecule has 2 atom stereocenters. The predicted octanol–water partition coefficient (Wildman–Crippen LogP) is 2.42. The van der Waals surface area contributed by atoms with Gasteiger partial charge in [-0.2, -0.15) is 0 Å². The van der Waals surface area contributed by atoms with E-state index in [1.165, 1.54) is 0 Å². The van der Waals surface area contributed by atoms with Gasteiger partial charge in [0.15, 0.2) is 0 Å². The first-order valence-corrected chi connectivity index (χ1v) is 5.17. The van der Waals surface area contributed by atoms with Gasteiger partial charge in [0.1, 0.15) is 0 Å². The van der Waals surface area contributed by atoms with Crippen LogP contribution in [0.1, 0.15) is 32.8 Å². The normalized spacial score (nSPS) is 17.4. The Morgan fingerprint density at radius 2 is 2.00 bits per heavy atom. The number of aliphatic hydroxyl groups is 1. The minimum Gasteiger partial charge on any atom is -0.390 e. The molecule has 0 saturated carbocycles. The summed E-state index contributed by atoms with van der Waals surface area (Å²) in [6, 6.07) is 3.91. The fourth-order valence-corrected chi connectivity index (χ4v) is 1.53. The minimum atomic E-state index is -0.615. The molecule has 78 valence electrons. The molecule has 0 bridgehead atoms. The van der Waals surface area contributed by atoms with Crippen molar-refractivity contribution in [1.82, 2.24) is 4.98 Å². The minimum absolute atomic E-state index is 0.315. The first-order chi connectivity index (χ1) is 6.56. The van der Waals surface area contributed by atoms with Crippen LogP contribution in [0.5, 0.6) is 0 Å². The van der Waals surface area contributed by atoms with Crippen LogP contribution in [-0.4, -0.2) is 15.7 Å². The molecule has 14 heavy (non-hydrogen) atoms. The molecule has 1 N–H and O–H groups in total. The Balaban J connectivity index is 2.68. The van der Waals surface area contributed by atoms with Gasteiger partial charge >= 0.3 is 0 Å². The van der Waals surface area contributed by atoms with E-state index in [0.29, 0.717) is 12.3 Å². The molecule has 0 saturated heterocycles. The van der Waals surface area contributed by atoms with E-state index in [-0.39, 0.29) is 0 Å². The van der Waals surface area contributed by atoms with Gasteiger partial charge in [0, 0.05) is 18.8 Å². The zero-order chi connectivity index (χ0) is 10.6. The van der Waals surface area contributed by atoms with Crippen molar-refractivity contribution in [3.63, 3.8) is 0 Å². The average molecular weight is 193 g/mol. The first kappa shape index (κ1) is 11.2. The molecule has 0 aromatic carbocycles. The van der Waals surface area contributed by atoms with Crippen LogP contribution >= 0.6 is 0 Å². The fourth-order valence-electron chi connectivity index (χ4n) is 1.53. The average Bonchev–Trinajstić information content (AvgIpc) is 2.17. The summed E-state index contributed by atoms with van der Waals surface area (Å²) in [7, 11) is 0. The predicted molar refractivity (Wildman–Crippen MR) is 58.0 cm³/mol. The Morgan fingerprint density at radius 3 is 2.50 bits per heavy atom. The summed E-state index contributed by atoms with van der Waals surface area (Å²) in [5.74, 6) is 0.315. The van der Waals surface area contributed by atoms with Gasteiger partial charge < -0.3 is 5.11 Å². The van der Waals surface area contributed by atoms with Crippen molar-refractivity contribution < 1.29 is 5.11 Å². The number of hydrogen-bond acceptors (Lipinski definition) is 2. The van der Waals surface area contributed by atoms with Crippen molar-refractivity contribution in [2.45, 2.75) is 39.2 Å². The molecular formula is C12H19NO. The lowest BCUT2D eigenvalue weighted by molar-refractivity contribution is 0.00516. The summed E-state index contributed by atoms with van der Waals surface area (Å²) in [5.41, 5.74) is 0.529. The van der Waals surface area contributed by atoms with Gasteiger partial charge in [-0.3, -0.25) is 4.98 Å². The summed E-state index contributed by atoms with van der Waals surface area (Å²) < 4.78 is 0. The second kappa shape index (κ2) is 4.56. The van der Waals surface area contributed by atoms with Crippen LogP contribution in [0.4, 0.5) is 0 Å². The Bertz CT molecular complexity index is 269. The standard InChI is InChI=1S/C12H19NO/c1-4-10(2)12(3,14)9-11-5-7-13-8-6-11/h5-8,10,14H,4,9H2,1-3H3. The highest BCUT2D eigenvalue weighted by Crippen LogP contribution is 2.24. The van der Waals surface area contributed by atoms with Crippen molar-refractivity contribution in [3.8, 4) is 0 Å². The van der Waals surface area contributed by atoms with E-state index in [9.17, 15) is 5.11 Å². The lowest BCUT2D eigenvalue weighted by Gasteiger charge is -2.29. The molecule has 2 unspecified atom stereocenters. The van der Waals surface area contributed by atoms with Crippen LogP contribution in [0.15, 0.2) is 24.5 Å². The van der Waals surface area contributed by atoms with Crippen LogP contribution in [0.2, 0.25) is 0 Å². The van der Waals surface area contributed by atoms with E-state index < -0.39 is 5.60 Å². The highest BCUT2D eigenvalue weighted by atomic mass is 16.3. The van der Waals surface area contributed by atoms with Gasteiger partial charge in [0.05, 0.1) is 5.60 Å². The largest absolute Gasteiger partial charge is 0.390 e. The maximum absolute atomic E-state index is 10.2. The molecule has 0 radical (unpaired) electrons. The Labute approximate surface area is 86.0 Å². The Hall–Kier alpha value is -0.890. The van der Waals surface area contributed by atoms with Gasteiger partial charge in [-0.1, -0.05) is 20.3 Å². The molecule has 1 heterocycles. The van der Waals surface area contributed by atoms with Gasteiger partial charge in [-0.15, -0.1) is 0 Å². The summed E-state index contributed by atoms with van der Waals surface area (Å²) in [6.45, 7) is 6.09.